The quantitative estimate of drug-likeness (QED) is 0.126. The summed E-state index contributed by atoms with van der Waals surface area (Å²) in [5.74, 6) is 2.67. The van der Waals surface area contributed by atoms with Crippen molar-refractivity contribution in [1.82, 2.24) is 49.0 Å². The lowest BCUT2D eigenvalue weighted by Crippen LogP contribution is -2.00. The molecule has 0 radical (unpaired) electrons. The summed E-state index contributed by atoms with van der Waals surface area (Å²) >= 11 is 5.26. The molecule has 131 heavy (non-hydrogen) atoms. The molecule has 17 aromatic carbocycles. The van der Waals surface area contributed by atoms with Crippen LogP contribution in [0.3, 0.4) is 0 Å². The van der Waals surface area contributed by atoms with Crippen molar-refractivity contribution in [3.63, 3.8) is 0 Å². The molecule has 0 unspecified atom stereocenters. The molecule has 0 aliphatic rings. The Kier molecular flexibility index (Phi) is 18.9. The van der Waals surface area contributed by atoms with Crippen molar-refractivity contribution in [2.45, 2.75) is 0 Å². The largest absolute Gasteiger partial charge is 0.307 e. The highest BCUT2D eigenvalue weighted by atomic mass is 32.1. The summed E-state index contributed by atoms with van der Waals surface area (Å²) in [7, 11) is 0. The molecule has 10 aromatic heterocycles. The summed E-state index contributed by atoms with van der Waals surface area (Å²) in [5, 5.41) is 19.7. The molecule has 10 heterocycles. The zero-order valence-corrected chi connectivity index (χ0v) is 72.7. The van der Waals surface area contributed by atoms with Gasteiger partial charge in [-0.15, -0.1) is 34.0 Å². The Morgan fingerprint density at radius 1 is 0.183 bits per heavy atom. The number of aromatic nitrogens is 10. The Balaban J connectivity index is 0.000000106. The van der Waals surface area contributed by atoms with Crippen LogP contribution in [0.4, 0.5) is 0 Å². The second-order valence-electron chi connectivity index (χ2n) is 32.9. The fraction of sp³-hybridized carbons (Fsp3) is 0. The van der Waals surface area contributed by atoms with Crippen LogP contribution in [0.15, 0.2) is 437 Å². The molecule has 0 atom stereocenters. The summed E-state index contributed by atoms with van der Waals surface area (Å²) in [6.45, 7) is 0. The highest BCUT2D eigenvalue weighted by Gasteiger charge is 2.24. The molecule has 0 saturated heterocycles. The van der Waals surface area contributed by atoms with Crippen molar-refractivity contribution in [1.29, 1.82) is 0 Å². The van der Waals surface area contributed by atoms with Gasteiger partial charge in [0.25, 0.3) is 0 Å². The number of fused-ring (bicyclic) bond motifs is 22. The molecular formula is C118H72N10S3. The van der Waals surface area contributed by atoms with Crippen molar-refractivity contribution < 1.29 is 0 Å². The maximum Gasteiger partial charge on any atom is 0.164 e. The number of nitrogens with zero attached hydrogens (tertiary/aromatic N) is 10. The lowest BCUT2D eigenvalue weighted by atomic mass is 9.98. The van der Waals surface area contributed by atoms with Crippen LogP contribution in [-0.2, 0) is 0 Å². The molecule has 0 fully saturated rings. The van der Waals surface area contributed by atoms with Gasteiger partial charge in [0.05, 0.1) is 33.5 Å². The number of benzene rings is 17. The number of rotatable bonds is 11. The minimum Gasteiger partial charge on any atom is -0.307 e. The van der Waals surface area contributed by atoms with Gasteiger partial charge >= 0.3 is 0 Å². The number of pyridine rings is 3. The van der Waals surface area contributed by atoms with Crippen LogP contribution in [0.25, 0.3) is 250 Å². The van der Waals surface area contributed by atoms with E-state index in [1.807, 2.05) is 116 Å². The summed E-state index contributed by atoms with van der Waals surface area (Å²) < 4.78 is 8.73. The van der Waals surface area contributed by atoms with E-state index in [0.29, 0.717) is 23.3 Å². The molecule has 27 rings (SSSR count). The van der Waals surface area contributed by atoms with E-state index in [0.717, 1.165) is 109 Å². The van der Waals surface area contributed by atoms with E-state index in [9.17, 15) is 0 Å². The number of hydrogen-bond donors (Lipinski definition) is 0. The minimum absolute atomic E-state index is 0.647. The molecule has 13 heteroatoms. The van der Waals surface area contributed by atoms with Gasteiger partial charge in [-0.1, -0.05) is 328 Å². The van der Waals surface area contributed by atoms with Crippen LogP contribution in [0.1, 0.15) is 0 Å². The van der Waals surface area contributed by atoms with Crippen LogP contribution in [0.5, 0.6) is 0 Å². The summed E-state index contributed by atoms with van der Waals surface area (Å²) in [6.07, 6.45) is 6.02. The van der Waals surface area contributed by atoms with Gasteiger partial charge in [0.15, 0.2) is 23.3 Å². The Bertz CT molecular complexity index is 8750. The van der Waals surface area contributed by atoms with E-state index in [1.165, 1.54) is 117 Å². The van der Waals surface area contributed by atoms with Crippen LogP contribution in [0.2, 0.25) is 0 Å². The van der Waals surface area contributed by atoms with E-state index in [-0.39, 0.29) is 0 Å². The first-order valence-electron chi connectivity index (χ1n) is 43.7. The van der Waals surface area contributed by atoms with Crippen LogP contribution >= 0.6 is 34.0 Å². The van der Waals surface area contributed by atoms with Crippen LogP contribution in [-0.4, -0.2) is 49.0 Å². The molecule has 0 N–H and O–H groups in total. The second kappa shape index (κ2) is 32.3. The van der Waals surface area contributed by atoms with Crippen molar-refractivity contribution in [3.05, 3.63) is 437 Å². The van der Waals surface area contributed by atoms with Gasteiger partial charge in [0.2, 0.25) is 0 Å². The Morgan fingerprint density at radius 2 is 0.473 bits per heavy atom. The highest BCUT2D eigenvalue weighted by molar-refractivity contribution is 7.26. The third kappa shape index (κ3) is 13.8. The van der Waals surface area contributed by atoms with Crippen LogP contribution in [0, 0.1) is 0 Å². The number of hydrogen-bond acceptors (Lipinski definition) is 11. The molecule has 0 bridgehead atoms. The van der Waals surface area contributed by atoms with Gasteiger partial charge in [-0.25, -0.2) is 39.9 Å². The Hall–Kier alpha value is -16.7. The monoisotopic (exact) mass is 1720 g/mol. The lowest BCUT2D eigenvalue weighted by Gasteiger charge is -2.14. The van der Waals surface area contributed by atoms with Gasteiger partial charge in [-0.2, -0.15) is 0 Å². The SMILES string of the molecule is c1ccc(-c2cc(-c3ccccc3)nc(-c3cccc(-c4ccc5c(cnc6sc7ccccc7c65)c4)c3)n2)cc1.c1ccc(-c2nc(-c3ccccc3)nc(-c3cccc(-c4ccc5c(cnc6sc7ccccc7c65)c4)c3)n2)cc1.c1ccc(-n2c3ccccc3c3ccc4c5ccccc5n(-c5cccc(-c6ccc7c(cnc8sc9ccccc9c87)c6)c5)c4c32)cc1. The van der Waals surface area contributed by atoms with Gasteiger partial charge in [-0.05, 0) is 141 Å². The average molecular weight is 1730 g/mol. The van der Waals surface area contributed by atoms with Crippen LogP contribution < -0.4 is 0 Å². The molecular weight excluding hydrogens is 1650 g/mol. The van der Waals surface area contributed by atoms with E-state index >= 15 is 0 Å². The first kappa shape index (κ1) is 76.7. The topological polar surface area (TPSA) is 113 Å². The van der Waals surface area contributed by atoms with Gasteiger partial charge < -0.3 is 9.13 Å². The predicted molar refractivity (Wildman–Crippen MR) is 550 cm³/mol. The number of thiophene rings is 3. The van der Waals surface area contributed by atoms with Crippen molar-refractivity contribution in [2.24, 2.45) is 0 Å². The van der Waals surface area contributed by atoms with E-state index in [1.54, 1.807) is 34.0 Å². The van der Waals surface area contributed by atoms with Crippen molar-refractivity contribution in [2.75, 3.05) is 0 Å². The third-order valence-corrected chi connectivity index (χ3v) is 28.3. The normalized spacial score (nSPS) is 11.7. The maximum absolute atomic E-state index is 5.02. The fourth-order valence-corrected chi connectivity index (χ4v) is 22.1. The first-order chi connectivity index (χ1) is 64.9. The minimum atomic E-state index is 0.647. The maximum atomic E-state index is 5.02. The molecule has 612 valence electrons. The Labute approximate surface area is 764 Å². The number of para-hydroxylation sites is 3. The second-order valence-corrected chi connectivity index (χ2v) is 36.0. The van der Waals surface area contributed by atoms with Gasteiger partial charge in [-0.3, -0.25) is 0 Å². The smallest absolute Gasteiger partial charge is 0.164 e. The van der Waals surface area contributed by atoms with Gasteiger partial charge in [0.1, 0.15) is 14.5 Å². The molecule has 10 nitrogen and oxygen atoms in total. The third-order valence-electron chi connectivity index (χ3n) is 25.0. The summed E-state index contributed by atoms with van der Waals surface area (Å²) in [5.41, 5.74) is 21.8. The molecule has 0 aliphatic heterocycles. The molecule has 0 spiro atoms. The predicted octanol–water partition coefficient (Wildman–Crippen LogP) is 32.0. The molecule has 0 saturated carbocycles. The Morgan fingerprint density at radius 3 is 0.885 bits per heavy atom. The summed E-state index contributed by atoms with van der Waals surface area (Å²) in [4.78, 5) is 42.5. The standard InChI is InChI=1S/C45H27N3S.C37H23N3S.C36H22N4S/c1-2-12-31(13-3-1)47-39-18-7-4-15-34(39)36-23-24-37-35-16-5-8-19-40(35)48(44(37)43(36)47)32-14-10-11-28(26-32)29-21-22-33-30(25-29)27-46-45-42(33)38-17-6-9-20-41(38)49-45;1-3-10-24(11-4-1)32-22-33(25-12-5-2-6-13-25)40-36(39-32)28-15-9-14-26(20-28)27-18-19-30-29(21-27)23-38-37-35(30)31-16-7-8-17-34(31)41-37;1-3-10-23(11-4-1)33-38-34(24-12-5-2-6-13-24)40-35(39-33)27-15-9-14-25(20-27)26-18-19-29-28(21-26)22-37-36-32(29)30-16-7-8-17-31(30)41-36/h1-27H;1-23H;1-22H. The van der Waals surface area contributed by atoms with Crippen molar-refractivity contribution in [3.8, 4) is 113 Å². The lowest BCUT2D eigenvalue weighted by molar-refractivity contribution is 1.07. The van der Waals surface area contributed by atoms with Gasteiger partial charge in [0, 0.05) is 147 Å². The van der Waals surface area contributed by atoms with E-state index in [2.05, 4.69) is 331 Å². The zero-order valence-electron chi connectivity index (χ0n) is 70.3. The highest BCUT2D eigenvalue weighted by Crippen LogP contribution is 2.47. The summed E-state index contributed by atoms with van der Waals surface area (Å²) in [6, 6.07) is 148. The average Bonchev–Trinajstić information content (AvgIpc) is 1.54. The van der Waals surface area contributed by atoms with Crippen molar-refractivity contribution >= 4 is 171 Å². The molecule has 0 amide bonds. The molecule has 0 aliphatic carbocycles. The van der Waals surface area contributed by atoms with E-state index in [4.69, 9.17) is 39.9 Å². The zero-order chi connectivity index (χ0) is 86.4. The fourth-order valence-electron chi connectivity index (χ4n) is 18.9. The van der Waals surface area contributed by atoms with E-state index < -0.39 is 0 Å². The first-order valence-corrected chi connectivity index (χ1v) is 46.2. The molecule has 27 aromatic rings.